The van der Waals surface area contributed by atoms with Gasteiger partial charge in [0.1, 0.15) is 85.4 Å². The number of esters is 4. The molecule has 8 heterocycles. The van der Waals surface area contributed by atoms with Gasteiger partial charge in [0.15, 0.2) is 0 Å². The third-order valence-corrected chi connectivity index (χ3v) is 28.2. The van der Waals surface area contributed by atoms with Crippen molar-refractivity contribution in [3.63, 3.8) is 0 Å². The van der Waals surface area contributed by atoms with Crippen LogP contribution in [0.15, 0.2) is 324 Å². The predicted molar refractivity (Wildman–Crippen MR) is 564 cm³/mol. The number of hydrogen-bond acceptors (Lipinski definition) is 24. The van der Waals surface area contributed by atoms with Crippen molar-refractivity contribution in [1.29, 1.82) is 0 Å². The molecule has 8 aliphatic rings. The van der Waals surface area contributed by atoms with E-state index < -0.39 is 74.7 Å². The van der Waals surface area contributed by atoms with Crippen LogP contribution in [0.3, 0.4) is 0 Å². The van der Waals surface area contributed by atoms with Crippen molar-refractivity contribution >= 4 is 160 Å². The molecule has 26 nitrogen and oxygen atoms in total. The van der Waals surface area contributed by atoms with Gasteiger partial charge in [0.05, 0.1) is 85.8 Å². The second-order valence-corrected chi connectivity index (χ2v) is 38.3. The zero-order valence-electron chi connectivity index (χ0n) is 82.1. The monoisotopic (exact) mass is 1910 g/mol. The van der Waals surface area contributed by atoms with E-state index in [0.717, 1.165) is 122 Å². The molecule has 0 aliphatic carbocycles. The summed E-state index contributed by atoms with van der Waals surface area (Å²) in [5.74, 6) is 1.09. The molecule has 13 aromatic carbocycles. The molecule has 4 unspecified atom stereocenters. The van der Waals surface area contributed by atoms with Crippen LogP contribution < -0.4 is 49.2 Å². The number of alkyl carbamates (subject to hydrolysis) is 2. The summed E-state index contributed by atoms with van der Waals surface area (Å²) in [7, 11) is 0. The first-order valence-corrected chi connectivity index (χ1v) is 47.8. The smallest absolute Gasteiger partial charge is 0.407 e. The first-order chi connectivity index (χ1) is 68.8. The number of ether oxygens (including phenoxy) is 10. The number of nitrogens with one attached hydrogen (secondary N) is 2. The van der Waals surface area contributed by atoms with E-state index >= 15 is 0 Å². The molecule has 0 radical (unpaired) electrons. The average molecular weight is 1920 g/mol. The molecule has 21 rings (SSSR count). The quantitative estimate of drug-likeness (QED) is 0.0276. The van der Waals surface area contributed by atoms with Gasteiger partial charge < -0.3 is 77.6 Å². The molecule has 143 heavy (non-hydrogen) atoms. The van der Waals surface area contributed by atoms with Crippen LogP contribution in [0.25, 0.3) is 53.9 Å². The Kier molecular flexibility index (Phi) is 26.4. The van der Waals surface area contributed by atoms with Gasteiger partial charge in [0.25, 0.3) is 0 Å². The first-order valence-electron chi connectivity index (χ1n) is 47.8. The molecule has 0 saturated heterocycles. The van der Waals surface area contributed by atoms with Crippen molar-refractivity contribution in [3.05, 3.63) is 326 Å². The number of para-hydroxylation sites is 3. The Morgan fingerprint density at radius 1 is 0.308 bits per heavy atom. The molecule has 13 aromatic rings. The normalized spacial score (nSPS) is 19.0. The summed E-state index contributed by atoms with van der Waals surface area (Å²) < 4.78 is 59.2. The number of fused-ring (bicyclic) bond motifs is 18. The van der Waals surface area contributed by atoms with Crippen molar-refractivity contribution < 1.29 is 76.1 Å². The fourth-order valence-electron chi connectivity index (χ4n) is 20.7. The number of anilines is 4. The maximum absolute atomic E-state index is 12.4. The van der Waals surface area contributed by atoms with Crippen LogP contribution in [-0.2, 0) is 69.3 Å². The van der Waals surface area contributed by atoms with E-state index in [2.05, 4.69) is 233 Å². The zero-order valence-corrected chi connectivity index (χ0v) is 82.1. The second-order valence-electron chi connectivity index (χ2n) is 38.3. The minimum absolute atomic E-state index is 0.0308. The highest BCUT2D eigenvalue weighted by Crippen LogP contribution is 2.61. The van der Waals surface area contributed by atoms with Crippen LogP contribution in [0.4, 0.5) is 55.1 Å². The Hall–Kier alpha value is -16.4. The van der Waals surface area contributed by atoms with Crippen LogP contribution >= 0.6 is 0 Å². The molecule has 0 fully saturated rings. The van der Waals surface area contributed by atoms with Crippen LogP contribution in [0.2, 0.25) is 0 Å². The summed E-state index contributed by atoms with van der Waals surface area (Å²) in [6, 6.07) is 86.0. The minimum Gasteiger partial charge on any atom is -0.461 e. The number of aliphatic imine (C=N–C) groups is 4. The van der Waals surface area contributed by atoms with Gasteiger partial charge in [-0.2, -0.15) is 0 Å². The van der Waals surface area contributed by atoms with Crippen molar-refractivity contribution in [2.45, 2.75) is 121 Å². The highest BCUT2D eigenvalue weighted by molar-refractivity contribution is 6.06. The summed E-state index contributed by atoms with van der Waals surface area (Å²) in [4.78, 5) is 99.7. The molecule has 2 N–H and O–H groups in total. The van der Waals surface area contributed by atoms with Gasteiger partial charge in [0, 0.05) is 67.1 Å². The minimum atomic E-state index is -0.967. The van der Waals surface area contributed by atoms with Crippen molar-refractivity contribution in [3.8, 4) is 23.0 Å². The third-order valence-electron chi connectivity index (χ3n) is 28.2. The summed E-state index contributed by atoms with van der Waals surface area (Å²) in [6.07, 6.45) is 7.62. The number of rotatable bonds is 22. The Labute approximate surface area is 830 Å². The van der Waals surface area contributed by atoms with Crippen molar-refractivity contribution in [2.24, 2.45) is 20.0 Å². The fourth-order valence-corrected chi connectivity index (χ4v) is 20.7. The fraction of sp³-hybridized carbons (Fsp3) is 0.265. The van der Waals surface area contributed by atoms with Gasteiger partial charge in [-0.05, 0) is 179 Å². The maximum Gasteiger partial charge on any atom is 0.407 e. The van der Waals surface area contributed by atoms with E-state index in [1.807, 2.05) is 158 Å². The Morgan fingerprint density at radius 2 is 0.566 bits per heavy atom. The van der Waals surface area contributed by atoms with Gasteiger partial charge >= 0.3 is 36.1 Å². The van der Waals surface area contributed by atoms with Crippen LogP contribution in [0.1, 0.15) is 98.4 Å². The molecule has 0 saturated carbocycles. The van der Waals surface area contributed by atoms with Gasteiger partial charge in [-0.3, -0.25) is 20.0 Å². The molecule has 4 atom stereocenters. The van der Waals surface area contributed by atoms with E-state index in [0.29, 0.717) is 54.4 Å². The molecular weight excluding hydrogens is 1800 g/mol. The van der Waals surface area contributed by atoms with E-state index in [1.54, 1.807) is 20.8 Å². The number of amides is 2. The van der Waals surface area contributed by atoms with Gasteiger partial charge in [-0.15, -0.1) is 0 Å². The summed E-state index contributed by atoms with van der Waals surface area (Å²) in [6.45, 7) is 39.0. The molecule has 0 aromatic heterocycles. The van der Waals surface area contributed by atoms with Crippen LogP contribution in [0, 0.1) is 0 Å². The summed E-state index contributed by atoms with van der Waals surface area (Å²) in [5.41, 5.74) is 7.70. The lowest BCUT2D eigenvalue weighted by Gasteiger charge is -2.46. The average Bonchev–Trinajstić information content (AvgIpc) is 1.53. The number of benzene rings is 13. The molecule has 2 amide bonds. The highest BCUT2D eigenvalue weighted by Gasteiger charge is 2.64. The highest BCUT2D eigenvalue weighted by atomic mass is 16.6. The lowest BCUT2D eigenvalue weighted by Crippen LogP contribution is -2.62. The van der Waals surface area contributed by atoms with E-state index in [1.165, 1.54) is 17.2 Å². The van der Waals surface area contributed by atoms with Gasteiger partial charge in [-0.1, -0.05) is 233 Å². The maximum atomic E-state index is 12.4. The molecule has 728 valence electrons. The largest absolute Gasteiger partial charge is 0.461 e. The predicted octanol–water partition coefficient (Wildman–Crippen LogP) is 22.4. The second kappa shape index (κ2) is 39.0. The van der Waals surface area contributed by atoms with Crippen molar-refractivity contribution in [2.75, 3.05) is 98.5 Å². The lowest BCUT2D eigenvalue weighted by molar-refractivity contribution is -0.139. The zero-order chi connectivity index (χ0) is 101. The van der Waals surface area contributed by atoms with E-state index in [-0.39, 0.29) is 58.7 Å². The molecular formula is C117H114N10O16. The number of carbonyl (C=O) groups is 6. The van der Waals surface area contributed by atoms with E-state index in [9.17, 15) is 28.8 Å². The van der Waals surface area contributed by atoms with Gasteiger partial charge in [0.2, 0.25) is 22.9 Å². The number of carbonyl (C=O) groups excluding carboxylic acids is 6. The Morgan fingerprint density at radius 3 is 0.888 bits per heavy atom. The Balaban J connectivity index is 0.000000126. The van der Waals surface area contributed by atoms with Gasteiger partial charge in [-0.25, -0.2) is 28.8 Å². The van der Waals surface area contributed by atoms with Crippen LogP contribution in [-0.4, -0.2) is 163 Å². The van der Waals surface area contributed by atoms with Crippen molar-refractivity contribution in [1.82, 2.24) is 10.6 Å². The molecule has 0 bridgehead atoms. The molecule has 26 heteroatoms. The number of nitrogens with zero attached hydrogens (tertiary/aromatic N) is 8. The SMILES string of the molecule is C=C(C)C(=O)OCCN1c2ccccc2C(C)(C)C12C=Nc1c(ccc3ccccc13)O2.C=C(C)C(=O)OCCNC(=O)OCCN1c2ccc3ccccc3c2C(C)(C)C12C=Nc1c(ccc3ccccc13)O2.C=C(C)C(=O)OCCNC(=O)OCCN1c2ccccc2C(C)(C)C12C=Nc1c(ccc3ccccc13)O2.C=CC(=O)OCCN1c2ccccc2C(C)(C)C12C=Nc1c(ccc3ccccc13)O2. The summed E-state index contributed by atoms with van der Waals surface area (Å²) in [5, 5.41) is 16.1. The number of hydrogen-bond donors (Lipinski definition) is 2. The van der Waals surface area contributed by atoms with E-state index in [4.69, 9.17) is 67.3 Å². The summed E-state index contributed by atoms with van der Waals surface area (Å²) >= 11 is 0. The lowest BCUT2D eigenvalue weighted by atomic mass is 9.75. The third kappa shape index (κ3) is 17.4. The molecule has 8 aliphatic heterocycles. The molecule has 4 spiro atoms. The Bertz CT molecular complexity index is 7440. The van der Waals surface area contributed by atoms with Crippen LogP contribution in [0.5, 0.6) is 23.0 Å². The topological polar surface area (TPSA) is 281 Å². The first kappa shape index (κ1) is 96.9. The standard InChI is InChI=1S/C34H33N3O5.C30H31N3O5.C27H26N2O3.C26H24N2O3/c1-22(2)31(38)40-19-17-35-32(39)41-20-18-37-27-15-13-23-9-5-7-11-25(23)29(27)33(3,4)34(37)21-36-30-26-12-8-6-10-24(26)14-16-28(30)42-34;1-20(2)27(34)36-17-15-31-28(35)37-18-16-33-24-12-8-7-11-23(24)29(3,4)30(33)19-32-26-22-10-6-5-9-21(22)13-14-25(26)38-30;1-18(2)25(30)31-16-15-29-22-12-8-7-11-21(22)26(3,4)27(29)17-28-24-20-10-6-5-9-19(20)13-14-23(24)32-27;1-4-23(29)30-16-15-28-21-12-8-7-11-20(21)25(2,3)26(28)17-27-24-19-10-6-5-9-18(19)13-14-22(24)31-26/h5-16,21H,1,17-20H2,2-4H3,(H,35,39);5-14,19H,1,15-18H2,2-4H3,(H,31,35);5-14,17H,1,15-16H2,2-4H3;4-14,17H,1,15-16H2,2-3H3.